The molecule has 0 aliphatic carbocycles. The van der Waals surface area contributed by atoms with Crippen LogP contribution in [0, 0.1) is 6.92 Å². The van der Waals surface area contributed by atoms with E-state index in [0.29, 0.717) is 5.02 Å². The molecule has 0 amide bonds. The summed E-state index contributed by atoms with van der Waals surface area (Å²) in [6, 6.07) is 7.30. The Morgan fingerprint density at radius 2 is 2.06 bits per heavy atom. The number of halogens is 1. The van der Waals surface area contributed by atoms with Crippen LogP contribution in [0.2, 0.25) is 5.02 Å². The summed E-state index contributed by atoms with van der Waals surface area (Å²) in [5, 5.41) is 3.51. The molecule has 0 bridgehead atoms. The Morgan fingerprint density at radius 3 is 2.71 bits per heavy atom. The van der Waals surface area contributed by atoms with Gasteiger partial charge in [0.1, 0.15) is 0 Å². The summed E-state index contributed by atoms with van der Waals surface area (Å²) in [6.45, 7) is 6.05. The lowest BCUT2D eigenvalue weighted by atomic mass is 10.1. The third-order valence-electron chi connectivity index (χ3n) is 2.83. The monoisotopic (exact) mass is 250 g/mol. The fraction of sp³-hybridized carbons (Fsp3) is 0.308. The predicted molar refractivity (Wildman–Crippen MR) is 70.2 cm³/mol. The Kier molecular flexibility index (Phi) is 3.11. The quantitative estimate of drug-likeness (QED) is 0.873. The van der Waals surface area contributed by atoms with Crippen LogP contribution in [0.15, 0.2) is 29.1 Å². The first-order chi connectivity index (χ1) is 8.00. The van der Waals surface area contributed by atoms with Crippen molar-refractivity contribution in [2.24, 2.45) is 0 Å². The fourth-order valence-electron chi connectivity index (χ4n) is 1.87. The van der Waals surface area contributed by atoms with Crippen LogP contribution in [0.4, 0.5) is 0 Å². The lowest BCUT2D eigenvalue weighted by Gasteiger charge is -2.13. The molecule has 0 saturated heterocycles. The van der Waals surface area contributed by atoms with Gasteiger partial charge in [-0.25, -0.2) is 0 Å². The number of aromatic amines is 1. The first-order valence-electron chi connectivity index (χ1n) is 5.58. The molecule has 4 heteroatoms. The van der Waals surface area contributed by atoms with Crippen LogP contribution in [0.25, 0.3) is 5.69 Å². The standard InChI is InChI=1S/C13H15ClN2O/c1-8(2)12-7-13(17)15-16(12)11-6-4-5-10(14)9(11)3/h4-8H,1-3H3,(H,15,17). The summed E-state index contributed by atoms with van der Waals surface area (Å²) in [6.07, 6.45) is 0. The lowest BCUT2D eigenvalue weighted by Crippen LogP contribution is -2.07. The van der Waals surface area contributed by atoms with Crippen LogP contribution in [0.5, 0.6) is 0 Å². The van der Waals surface area contributed by atoms with Gasteiger partial charge in [-0.15, -0.1) is 0 Å². The highest BCUT2D eigenvalue weighted by molar-refractivity contribution is 6.31. The van der Waals surface area contributed by atoms with Gasteiger partial charge in [-0.05, 0) is 30.5 Å². The summed E-state index contributed by atoms with van der Waals surface area (Å²) in [4.78, 5) is 11.5. The van der Waals surface area contributed by atoms with Crippen molar-refractivity contribution < 1.29 is 0 Å². The van der Waals surface area contributed by atoms with Gasteiger partial charge in [0.05, 0.1) is 5.69 Å². The second kappa shape index (κ2) is 4.41. The molecule has 17 heavy (non-hydrogen) atoms. The third-order valence-corrected chi connectivity index (χ3v) is 3.24. The van der Waals surface area contributed by atoms with Gasteiger partial charge < -0.3 is 0 Å². The van der Waals surface area contributed by atoms with Crippen LogP contribution in [-0.2, 0) is 0 Å². The van der Waals surface area contributed by atoms with E-state index in [1.807, 2.05) is 29.8 Å². The van der Waals surface area contributed by atoms with Crippen molar-refractivity contribution in [1.29, 1.82) is 0 Å². The summed E-state index contributed by atoms with van der Waals surface area (Å²) < 4.78 is 1.81. The fourth-order valence-corrected chi connectivity index (χ4v) is 2.04. The van der Waals surface area contributed by atoms with Gasteiger partial charge in [0.15, 0.2) is 0 Å². The number of rotatable bonds is 2. The maximum absolute atomic E-state index is 11.5. The van der Waals surface area contributed by atoms with E-state index >= 15 is 0 Å². The van der Waals surface area contributed by atoms with Crippen molar-refractivity contribution in [2.45, 2.75) is 26.7 Å². The summed E-state index contributed by atoms with van der Waals surface area (Å²) in [5.41, 5.74) is 2.75. The molecule has 0 aliphatic heterocycles. The number of H-pyrrole nitrogens is 1. The molecule has 90 valence electrons. The number of hydrogen-bond acceptors (Lipinski definition) is 1. The molecule has 0 aliphatic rings. The van der Waals surface area contributed by atoms with E-state index in [9.17, 15) is 4.79 Å². The molecule has 0 radical (unpaired) electrons. The molecule has 0 spiro atoms. The zero-order valence-corrected chi connectivity index (χ0v) is 10.9. The van der Waals surface area contributed by atoms with Gasteiger partial charge in [0.25, 0.3) is 5.56 Å². The lowest BCUT2D eigenvalue weighted by molar-refractivity contribution is 0.728. The second-order valence-electron chi connectivity index (χ2n) is 4.42. The Balaban J connectivity index is 2.68. The molecule has 3 nitrogen and oxygen atoms in total. The zero-order valence-electron chi connectivity index (χ0n) is 10.1. The Labute approximate surface area is 105 Å². The van der Waals surface area contributed by atoms with Crippen LogP contribution in [0.3, 0.4) is 0 Å². The SMILES string of the molecule is Cc1c(Cl)cccc1-n1[nH]c(=O)cc1C(C)C. The minimum Gasteiger partial charge on any atom is -0.268 e. The average molecular weight is 251 g/mol. The van der Waals surface area contributed by atoms with Crippen LogP contribution in [-0.4, -0.2) is 9.78 Å². The van der Waals surface area contributed by atoms with Crippen molar-refractivity contribution in [3.05, 3.63) is 50.9 Å². The molecule has 1 heterocycles. The van der Waals surface area contributed by atoms with Gasteiger partial charge in [-0.2, -0.15) is 0 Å². The van der Waals surface area contributed by atoms with E-state index < -0.39 is 0 Å². The van der Waals surface area contributed by atoms with Gasteiger partial charge in [0.2, 0.25) is 0 Å². The minimum absolute atomic E-state index is 0.0897. The summed E-state index contributed by atoms with van der Waals surface area (Å²) >= 11 is 6.10. The third kappa shape index (κ3) is 2.15. The van der Waals surface area contributed by atoms with Crippen molar-refractivity contribution in [3.63, 3.8) is 0 Å². The molecule has 1 N–H and O–H groups in total. The topological polar surface area (TPSA) is 37.8 Å². The Morgan fingerprint density at radius 1 is 1.35 bits per heavy atom. The van der Waals surface area contributed by atoms with Crippen molar-refractivity contribution in [3.8, 4) is 5.69 Å². The first-order valence-corrected chi connectivity index (χ1v) is 5.96. The molecule has 0 atom stereocenters. The van der Waals surface area contributed by atoms with Crippen molar-refractivity contribution in [2.75, 3.05) is 0 Å². The maximum atomic E-state index is 11.5. The van der Waals surface area contributed by atoms with E-state index in [1.165, 1.54) is 0 Å². The van der Waals surface area contributed by atoms with Crippen LogP contribution >= 0.6 is 11.6 Å². The van der Waals surface area contributed by atoms with Gasteiger partial charge in [-0.1, -0.05) is 31.5 Å². The molecule has 0 saturated carbocycles. The molecule has 1 aromatic carbocycles. The van der Waals surface area contributed by atoms with Gasteiger partial charge in [-0.3, -0.25) is 14.6 Å². The highest BCUT2D eigenvalue weighted by Crippen LogP contribution is 2.24. The average Bonchev–Trinajstić information content (AvgIpc) is 2.64. The predicted octanol–water partition coefficient (Wildman–Crippen LogP) is 3.25. The molecule has 0 unspecified atom stereocenters. The van der Waals surface area contributed by atoms with Crippen LogP contribution < -0.4 is 5.56 Å². The molecule has 2 aromatic rings. The Hall–Kier alpha value is -1.48. The molecular weight excluding hydrogens is 236 g/mol. The highest BCUT2D eigenvalue weighted by atomic mass is 35.5. The maximum Gasteiger partial charge on any atom is 0.264 e. The summed E-state index contributed by atoms with van der Waals surface area (Å²) in [5.74, 6) is 0.271. The zero-order chi connectivity index (χ0) is 12.6. The van der Waals surface area contributed by atoms with Crippen molar-refractivity contribution >= 4 is 11.6 Å². The van der Waals surface area contributed by atoms with Gasteiger partial charge in [0, 0.05) is 16.8 Å². The van der Waals surface area contributed by atoms with E-state index in [1.54, 1.807) is 6.07 Å². The highest BCUT2D eigenvalue weighted by Gasteiger charge is 2.12. The first kappa shape index (κ1) is 12.0. The van der Waals surface area contributed by atoms with E-state index in [4.69, 9.17) is 11.6 Å². The van der Waals surface area contributed by atoms with Crippen LogP contribution in [0.1, 0.15) is 31.0 Å². The number of benzene rings is 1. The number of nitrogens with one attached hydrogen (secondary N) is 1. The number of aromatic nitrogens is 2. The summed E-state index contributed by atoms with van der Waals surface area (Å²) in [7, 11) is 0. The van der Waals surface area contributed by atoms with Crippen molar-refractivity contribution in [1.82, 2.24) is 9.78 Å². The smallest absolute Gasteiger partial charge is 0.264 e. The van der Waals surface area contributed by atoms with E-state index in [-0.39, 0.29) is 11.5 Å². The largest absolute Gasteiger partial charge is 0.268 e. The second-order valence-corrected chi connectivity index (χ2v) is 4.83. The van der Waals surface area contributed by atoms with E-state index in [0.717, 1.165) is 16.9 Å². The molecule has 1 aromatic heterocycles. The molecular formula is C13H15ClN2O. The number of hydrogen-bond donors (Lipinski definition) is 1. The minimum atomic E-state index is -0.0897. The molecule has 0 fully saturated rings. The van der Waals surface area contributed by atoms with Gasteiger partial charge >= 0.3 is 0 Å². The number of nitrogens with zero attached hydrogens (tertiary/aromatic N) is 1. The van der Waals surface area contributed by atoms with E-state index in [2.05, 4.69) is 18.9 Å². The Bertz CT molecular complexity index is 596. The normalized spacial score (nSPS) is 11.1. The molecule has 2 rings (SSSR count).